The van der Waals surface area contributed by atoms with E-state index in [0.717, 1.165) is 19.5 Å². The Balaban J connectivity index is 1.53. The Morgan fingerprint density at radius 1 is 1.19 bits per heavy atom. The standard InChI is InChI=1S/C12H21N3O/c16-12(14-15-6-2-1-3-7-15)10-8-9-4-5-11(10)13-9/h9-11,13H,1-8H2,(H,14,16). The van der Waals surface area contributed by atoms with E-state index in [9.17, 15) is 4.79 Å². The third-order valence-electron chi connectivity index (χ3n) is 4.26. The number of fused-ring (bicyclic) bond motifs is 2. The van der Waals surface area contributed by atoms with Gasteiger partial charge < -0.3 is 5.32 Å². The fourth-order valence-electron chi connectivity index (χ4n) is 3.36. The van der Waals surface area contributed by atoms with Crippen LogP contribution in [-0.2, 0) is 4.79 Å². The third-order valence-corrected chi connectivity index (χ3v) is 4.26. The number of amides is 1. The molecule has 0 aromatic carbocycles. The first-order valence-electron chi connectivity index (χ1n) is 6.64. The van der Waals surface area contributed by atoms with Crippen LogP contribution in [0.2, 0.25) is 0 Å². The molecule has 3 saturated heterocycles. The smallest absolute Gasteiger partial charge is 0.239 e. The molecule has 3 fully saturated rings. The summed E-state index contributed by atoms with van der Waals surface area (Å²) in [7, 11) is 0. The highest BCUT2D eigenvalue weighted by Crippen LogP contribution is 2.33. The van der Waals surface area contributed by atoms with Gasteiger partial charge >= 0.3 is 0 Å². The van der Waals surface area contributed by atoms with Crippen molar-refractivity contribution in [3.63, 3.8) is 0 Å². The molecule has 0 saturated carbocycles. The van der Waals surface area contributed by atoms with Crippen LogP contribution in [0.15, 0.2) is 0 Å². The SMILES string of the molecule is O=C(NN1CCCCC1)C1CC2CCC1N2. The van der Waals surface area contributed by atoms with Crippen molar-refractivity contribution in [1.29, 1.82) is 0 Å². The van der Waals surface area contributed by atoms with E-state index >= 15 is 0 Å². The maximum Gasteiger partial charge on any atom is 0.239 e. The van der Waals surface area contributed by atoms with Gasteiger partial charge in [-0.3, -0.25) is 10.2 Å². The Kier molecular flexibility index (Phi) is 2.86. The van der Waals surface area contributed by atoms with Crippen molar-refractivity contribution in [3.8, 4) is 0 Å². The number of carbonyl (C=O) groups is 1. The highest BCUT2D eigenvalue weighted by atomic mass is 16.2. The van der Waals surface area contributed by atoms with Crippen LogP contribution in [0.25, 0.3) is 0 Å². The number of carbonyl (C=O) groups excluding carboxylic acids is 1. The molecule has 3 aliphatic rings. The molecule has 0 spiro atoms. The number of hydrogen-bond acceptors (Lipinski definition) is 3. The first-order valence-corrected chi connectivity index (χ1v) is 6.64. The van der Waals surface area contributed by atoms with E-state index in [2.05, 4.69) is 15.8 Å². The molecule has 4 nitrogen and oxygen atoms in total. The van der Waals surface area contributed by atoms with Crippen LogP contribution in [0, 0.1) is 5.92 Å². The second-order valence-electron chi connectivity index (χ2n) is 5.41. The average Bonchev–Trinajstić information content (AvgIpc) is 2.92. The fourth-order valence-corrected chi connectivity index (χ4v) is 3.36. The molecular weight excluding hydrogens is 202 g/mol. The van der Waals surface area contributed by atoms with E-state index in [4.69, 9.17) is 0 Å². The van der Waals surface area contributed by atoms with Gasteiger partial charge in [-0.25, -0.2) is 5.01 Å². The lowest BCUT2D eigenvalue weighted by Crippen LogP contribution is -2.49. The lowest BCUT2D eigenvalue weighted by Gasteiger charge is -2.29. The Morgan fingerprint density at radius 3 is 2.62 bits per heavy atom. The summed E-state index contributed by atoms with van der Waals surface area (Å²) in [5.41, 5.74) is 3.10. The number of hydrazine groups is 1. The van der Waals surface area contributed by atoms with Crippen LogP contribution < -0.4 is 10.7 Å². The predicted molar refractivity (Wildman–Crippen MR) is 61.6 cm³/mol. The Morgan fingerprint density at radius 2 is 2.00 bits per heavy atom. The van der Waals surface area contributed by atoms with Crippen LogP contribution in [0.1, 0.15) is 38.5 Å². The number of hydrogen-bond donors (Lipinski definition) is 2. The zero-order valence-corrected chi connectivity index (χ0v) is 9.74. The third kappa shape index (κ3) is 1.96. The fraction of sp³-hybridized carbons (Fsp3) is 0.917. The molecule has 3 atom stereocenters. The van der Waals surface area contributed by atoms with Crippen molar-refractivity contribution in [2.75, 3.05) is 13.1 Å². The molecule has 3 heterocycles. The Labute approximate surface area is 96.7 Å². The van der Waals surface area contributed by atoms with Crippen molar-refractivity contribution < 1.29 is 4.79 Å². The lowest BCUT2D eigenvalue weighted by molar-refractivity contribution is -0.131. The molecule has 0 aromatic heterocycles. The van der Waals surface area contributed by atoms with Gasteiger partial charge in [-0.1, -0.05) is 6.42 Å². The van der Waals surface area contributed by atoms with E-state index in [1.807, 2.05) is 0 Å². The largest absolute Gasteiger partial charge is 0.310 e. The normalized spacial score (nSPS) is 38.9. The predicted octanol–water partition coefficient (Wildman–Crippen LogP) is 0.644. The molecule has 2 bridgehead atoms. The van der Waals surface area contributed by atoms with Gasteiger partial charge in [0, 0.05) is 25.2 Å². The maximum atomic E-state index is 12.1. The van der Waals surface area contributed by atoms with Gasteiger partial charge in [0.25, 0.3) is 0 Å². The molecule has 0 aliphatic carbocycles. The van der Waals surface area contributed by atoms with E-state index in [0.29, 0.717) is 12.1 Å². The zero-order chi connectivity index (χ0) is 11.0. The molecule has 16 heavy (non-hydrogen) atoms. The first kappa shape index (κ1) is 10.5. The summed E-state index contributed by atoms with van der Waals surface area (Å²) in [6, 6.07) is 1.07. The van der Waals surface area contributed by atoms with Gasteiger partial charge in [-0.2, -0.15) is 0 Å². The summed E-state index contributed by atoms with van der Waals surface area (Å²) >= 11 is 0. The van der Waals surface area contributed by atoms with Crippen LogP contribution in [0.5, 0.6) is 0 Å². The van der Waals surface area contributed by atoms with Crippen LogP contribution in [0.3, 0.4) is 0 Å². The second-order valence-corrected chi connectivity index (χ2v) is 5.41. The monoisotopic (exact) mass is 223 g/mol. The summed E-state index contributed by atoms with van der Waals surface area (Å²) < 4.78 is 0. The van der Waals surface area contributed by atoms with Gasteiger partial charge in [0.15, 0.2) is 0 Å². The minimum Gasteiger partial charge on any atom is -0.310 e. The Hall–Kier alpha value is -0.610. The maximum absolute atomic E-state index is 12.1. The van der Waals surface area contributed by atoms with Gasteiger partial charge in [-0.15, -0.1) is 0 Å². The molecule has 3 aliphatic heterocycles. The van der Waals surface area contributed by atoms with Crippen molar-refractivity contribution in [3.05, 3.63) is 0 Å². The van der Waals surface area contributed by atoms with Crippen molar-refractivity contribution in [2.24, 2.45) is 5.92 Å². The van der Waals surface area contributed by atoms with Crippen LogP contribution >= 0.6 is 0 Å². The van der Waals surface area contributed by atoms with E-state index in [1.165, 1.54) is 32.1 Å². The molecule has 0 radical (unpaired) electrons. The average molecular weight is 223 g/mol. The number of nitrogens with one attached hydrogen (secondary N) is 2. The summed E-state index contributed by atoms with van der Waals surface area (Å²) in [6.07, 6.45) is 7.23. The Bertz CT molecular complexity index is 275. The molecule has 2 N–H and O–H groups in total. The number of rotatable bonds is 2. The van der Waals surface area contributed by atoms with E-state index in [1.54, 1.807) is 0 Å². The number of piperidine rings is 1. The van der Waals surface area contributed by atoms with Crippen molar-refractivity contribution in [1.82, 2.24) is 15.8 Å². The summed E-state index contributed by atoms with van der Waals surface area (Å²) in [4.78, 5) is 12.1. The summed E-state index contributed by atoms with van der Waals surface area (Å²) in [5.74, 6) is 0.474. The van der Waals surface area contributed by atoms with Gasteiger partial charge in [-0.05, 0) is 32.1 Å². The van der Waals surface area contributed by atoms with Gasteiger partial charge in [0.1, 0.15) is 0 Å². The minimum absolute atomic E-state index is 0.223. The van der Waals surface area contributed by atoms with Crippen molar-refractivity contribution in [2.45, 2.75) is 50.6 Å². The molecule has 1 amide bonds. The molecule has 4 heteroatoms. The topological polar surface area (TPSA) is 44.4 Å². The van der Waals surface area contributed by atoms with Gasteiger partial charge in [0.05, 0.1) is 5.92 Å². The van der Waals surface area contributed by atoms with Crippen LogP contribution in [-0.4, -0.2) is 36.1 Å². The lowest BCUT2D eigenvalue weighted by atomic mass is 9.89. The highest BCUT2D eigenvalue weighted by molar-refractivity contribution is 5.79. The molecule has 90 valence electrons. The first-order chi connectivity index (χ1) is 7.83. The van der Waals surface area contributed by atoms with Crippen LogP contribution in [0.4, 0.5) is 0 Å². The molecule has 3 unspecified atom stereocenters. The zero-order valence-electron chi connectivity index (χ0n) is 9.74. The van der Waals surface area contributed by atoms with Gasteiger partial charge in [0.2, 0.25) is 5.91 Å². The summed E-state index contributed by atoms with van der Waals surface area (Å²) in [5, 5.41) is 5.63. The number of nitrogens with zero attached hydrogens (tertiary/aromatic N) is 1. The molecular formula is C12H21N3O. The second kappa shape index (κ2) is 4.34. The highest BCUT2D eigenvalue weighted by Gasteiger charge is 2.43. The molecule has 0 aromatic rings. The quantitative estimate of drug-likeness (QED) is 0.722. The van der Waals surface area contributed by atoms with E-state index < -0.39 is 0 Å². The van der Waals surface area contributed by atoms with E-state index in [-0.39, 0.29) is 11.8 Å². The van der Waals surface area contributed by atoms with Crippen molar-refractivity contribution >= 4 is 5.91 Å². The summed E-state index contributed by atoms with van der Waals surface area (Å²) in [6.45, 7) is 2.06. The minimum atomic E-state index is 0.223. The molecule has 3 rings (SSSR count).